The highest BCUT2D eigenvalue weighted by Crippen LogP contribution is 2.39. The Morgan fingerprint density at radius 1 is 1.04 bits per heavy atom. The molecule has 12 heteroatoms. The molecular weight excluding hydrogens is 684 g/mol. The molecule has 0 radical (unpaired) electrons. The monoisotopic (exact) mass is 712 g/mol. The van der Waals surface area contributed by atoms with E-state index in [4.69, 9.17) is 35.3 Å². The zero-order valence-corrected chi connectivity index (χ0v) is 28.3. The number of thiazole rings is 1. The van der Waals surface area contributed by atoms with E-state index in [9.17, 15) is 9.59 Å². The first kappa shape index (κ1) is 32.3. The second-order valence-corrected chi connectivity index (χ2v) is 12.2. The molecule has 9 nitrogen and oxygen atoms in total. The van der Waals surface area contributed by atoms with Crippen LogP contribution in [0.15, 0.2) is 80.1 Å². The summed E-state index contributed by atoms with van der Waals surface area (Å²) in [4.78, 5) is 32.5. The van der Waals surface area contributed by atoms with Gasteiger partial charge < -0.3 is 23.7 Å². The van der Waals surface area contributed by atoms with Crippen LogP contribution >= 0.6 is 38.9 Å². The first-order chi connectivity index (χ1) is 21.7. The van der Waals surface area contributed by atoms with E-state index >= 15 is 0 Å². The molecule has 0 fully saturated rings. The first-order valence-electron chi connectivity index (χ1n) is 13.8. The van der Waals surface area contributed by atoms with Crippen molar-refractivity contribution in [1.82, 2.24) is 4.57 Å². The Morgan fingerprint density at radius 3 is 2.44 bits per heavy atom. The minimum atomic E-state index is -0.864. The number of ether oxygens (including phenoxy) is 5. The number of esters is 1. The number of carbonyl (C=O) groups excluding carboxylic acids is 1. The number of carbonyl (C=O) groups is 1. The van der Waals surface area contributed by atoms with E-state index in [0.717, 1.165) is 5.56 Å². The molecule has 3 aromatic carbocycles. The van der Waals surface area contributed by atoms with Crippen LogP contribution in [0.5, 0.6) is 23.0 Å². The van der Waals surface area contributed by atoms with Crippen LogP contribution in [-0.2, 0) is 16.1 Å². The predicted molar refractivity (Wildman–Crippen MR) is 176 cm³/mol. The molecule has 1 atom stereocenters. The Bertz CT molecular complexity index is 1970. The van der Waals surface area contributed by atoms with Crippen LogP contribution in [0, 0.1) is 0 Å². The third-order valence-electron chi connectivity index (χ3n) is 7.09. The van der Waals surface area contributed by atoms with Crippen molar-refractivity contribution < 1.29 is 28.5 Å². The van der Waals surface area contributed by atoms with Crippen molar-refractivity contribution in [1.29, 1.82) is 0 Å². The zero-order valence-electron chi connectivity index (χ0n) is 25.2. The molecule has 0 spiro atoms. The molecule has 0 aliphatic carbocycles. The lowest BCUT2D eigenvalue weighted by atomic mass is 9.94. The summed E-state index contributed by atoms with van der Waals surface area (Å²) in [7, 11) is 4.63. The minimum absolute atomic E-state index is 0.165. The number of aromatic nitrogens is 1. The average molecular weight is 714 g/mol. The van der Waals surface area contributed by atoms with Gasteiger partial charge in [-0.25, -0.2) is 9.79 Å². The fraction of sp³-hybridized carbons (Fsp3) is 0.242. The lowest BCUT2D eigenvalue weighted by Crippen LogP contribution is -2.40. The molecule has 1 aromatic heterocycles. The second-order valence-electron chi connectivity index (χ2n) is 9.86. The molecular formula is C33H30BrClN2O7S. The quantitative estimate of drug-likeness (QED) is 0.191. The van der Waals surface area contributed by atoms with Gasteiger partial charge in [-0.2, -0.15) is 0 Å². The number of hydrogen-bond acceptors (Lipinski definition) is 9. The maximum Gasteiger partial charge on any atom is 0.338 e. The lowest BCUT2D eigenvalue weighted by molar-refractivity contribution is -0.139. The highest BCUT2D eigenvalue weighted by molar-refractivity contribution is 9.10. The summed E-state index contributed by atoms with van der Waals surface area (Å²) in [6.07, 6.45) is 1.75. The summed E-state index contributed by atoms with van der Waals surface area (Å²) >= 11 is 10.8. The number of fused-ring (bicyclic) bond motifs is 1. The van der Waals surface area contributed by atoms with Crippen LogP contribution < -0.4 is 33.8 Å². The molecule has 4 aromatic rings. The van der Waals surface area contributed by atoms with E-state index < -0.39 is 12.0 Å². The summed E-state index contributed by atoms with van der Waals surface area (Å²) in [6.45, 7) is 3.93. The van der Waals surface area contributed by atoms with Crippen LogP contribution in [0.25, 0.3) is 6.08 Å². The van der Waals surface area contributed by atoms with E-state index in [0.29, 0.717) is 65.3 Å². The smallest absolute Gasteiger partial charge is 0.338 e. The Hall–Kier alpha value is -4.06. The van der Waals surface area contributed by atoms with Gasteiger partial charge in [-0.3, -0.25) is 9.36 Å². The van der Waals surface area contributed by atoms with Crippen molar-refractivity contribution >= 4 is 50.9 Å². The van der Waals surface area contributed by atoms with Gasteiger partial charge in [0.2, 0.25) is 0 Å². The van der Waals surface area contributed by atoms with Crippen molar-refractivity contribution in [2.24, 2.45) is 4.99 Å². The van der Waals surface area contributed by atoms with Crippen molar-refractivity contribution in [3.8, 4) is 23.0 Å². The minimum Gasteiger partial charge on any atom is -0.497 e. The Balaban J connectivity index is 1.62. The number of rotatable bonds is 10. The van der Waals surface area contributed by atoms with Gasteiger partial charge >= 0.3 is 5.97 Å². The molecule has 0 unspecified atom stereocenters. The van der Waals surface area contributed by atoms with Crippen molar-refractivity contribution in [2.75, 3.05) is 27.9 Å². The maximum atomic E-state index is 14.1. The van der Waals surface area contributed by atoms with Crippen LogP contribution in [-0.4, -0.2) is 38.5 Å². The van der Waals surface area contributed by atoms with Crippen LogP contribution in [0.2, 0.25) is 5.02 Å². The lowest BCUT2D eigenvalue weighted by Gasteiger charge is -2.26. The molecule has 0 N–H and O–H groups in total. The number of benzene rings is 3. The Labute approximate surface area is 277 Å². The highest BCUT2D eigenvalue weighted by Gasteiger charge is 2.35. The van der Waals surface area contributed by atoms with Gasteiger partial charge in [0.05, 0.1) is 48.2 Å². The van der Waals surface area contributed by atoms with Crippen molar-refractivity contribution in [2.45, 2.75) is 26.5 Å². The molecule has 0 bridgehead atoms. The molecule has 0 saturated heterocycles. The fourth-order valence-corrected chi connectivity index (χ4v) is 6.74. The third-order valence-corrected chi connectivity index (χ3v) is 8.92. The van der Waals surface area contributed by atoms with E-state index in [1.165, 1.54) is 23.0 Å². The van der Waals surface area contributed by atoms with E-state index in [2.05, 4.69) is 20.9 Å². The molecule has 234 valence electrons. The van der Waals surface area contributed by atoms with Crippen LogP contribution in [0.4, 0.5) is 0 Å². The second kappa shape index (κ2) is 13.9. The summed E-state index contributed by atoms with van der Waals surface area (Å²) in [5, 5.41) is 0.647. The predicted octanol–water partition coefficient (Wildman–Crippen LogP) is 5.82. The van der Waals surface area contributed by atoms with E-state index in [1.54, 1.807) is 70.5 Å². The maximum absolute atomic E-state index is 14.1. The highest BCUT2D eigenvalue weighted by atomic mass is 79.9. The van der Waals surface area contributed by atoms with Crippen LogP contribution in [0.1, 0.15) is 36.6 Å². The number of allylic oxidation sites excluding steroid dienone is 1. The zero-order chi connectivity index (χ0) is 32.2. The van der Waals surface area contributed by atoms with Crippen LogP contribution in [0.3, 0.4) is 0 Å². The number of nitrogens with zero attached hydrogens (tertiary/aromatic N) is 2. The van der Waals surface area contributed by atoms with Gasteiger partial charge in [-0.15, -0.1) is 0 Å². The first-order valence-corrected chi connectivity index (χ1v) is 15.8. The number of hydrogen-bond donors (Lipinski definition) is 0. The average Bonchev–Trinajstić information content (AvgIpc) is 3.33. The SMILES string of the molecule is CCOC(=O)C1=C(C)N=c2s/c(=C\c3cc(Br)c(OCc4ccc(Cl)cc4)c(OC)c3)c(=O)n2[C@H]1c1cc(OC)ccc1OC. The van der Waals surface area contributed by atoms with Crippen molar-refractivity contribution in [3.63, 3.8) is 0 Å². The van der Waals surface area contributed by atoms with Gasteiger partial charge in [-0.1, -0.05) is 35.1 Å². The largest absolute Gasteiger partial charge is 0.497 e. The van der Waals surface area contributed by atoms with Gasteiger partial charge in [0.1, 0.15) is 24.1 Å². The van der Waals surface area contributed by atoms with E-state index in [-0.39, 0.29) is 17.7 Å². The molecule has 1 aliphatic heterocycles. The van der Waals surface area contributed by atoms with Gasteiger partial charge in [0.25, 0.3) is 5.56 Å². The van der Waals surface area contributed by atoms with Gasteiger partial charge in [0.15, 0.2) is 16.3 Å². The topological polar surface area (TPSA) is 97.6 Å². The molecule has 5 rings (SSSR count). The fourth-order valence-electron chi connectivity index (χ4n) is 4.99. The Morgan fingerprint density at radius 2 is 1.78 bits per heavy atom. The molecule has 1 aliphatic rings. The molecule has 0 amide bonds. The summed E-state index contributed by atoms with van der Waals surface area (Å²) < 4.78 is 30.8. The molecule has 2 heterocycles. The van der Waals surface area contributed by atoms with Gasteiger partial charge in [0, 0.05) is 10.6 Å². The third kappa shape index (κ3) is 6.66. The normalized spacial score (nSPS) is 14.5. The number of methoxy groups -OCH3 is 3. The summed E-state index contributed by atoms with van der Waals surface area (Å²) in [6, 6.07) is 15.4. The molecule has 45 heavy (non-hydrogen) atoms. The Kier molecular flexibility index (Phi) is 10.0. The number of halogens is 2. The van der Waals surface area contributed by atoms with E-state index in [1.807, 2.05) is 18.2 Å². The summed E-state index contributed by atoms with van der Waals surface area (Å²) in [5.41, 5.74) is 2.56. The van der Waals surface area contributed by atoms with Gasteiger partial charge in [-0.05, 0) is 89.4 Å². The molecule has 0 saturated carbocycles. The summed E-state index contributed by atoms with van der Waals surface area (Å²) in [5.74, 6) is 1.46. The van der Waals surface area contributed by atoms with Crippen molar-refractivity contribution in [3.05, 3.63) is 112 Å². The standard InChI is InChI=1S/C33H30BrClN2O7S/c1-6-43-32(39)28-18(2)36-33-37(29(28)23-16-22(40-3)11-12-25(23)41-4)31(38)27(45-33)15-20-13-24(34)30(26(14-20)42-5)44-17-19-7-9-21(35)10-8-19/h7-16,29H,6,17H2,1-5H3/b27-15-/t29-/m0/s1.